The number of fused-ring (bicyclic) bond motifs is 14. The zero-order chi connectivity index (χ0) is 36.4. The van der Waals surface area contributed by atoms with E-state index in [1.807, 2.05) is 0 Å². The first kappa shape index (κ1) is 30.4. The Morgan fingerprint density at radius 2 is 1.09 bits per heavy atom. The Bertz CT molecular complexity index is 3420. The molecule has 55 heavy (non-hydrogen) atoms. The number of para-hydroxylation sites is 2. The molecule has 4 heterocycles. The van der Waals surface area contributed by atoms with Gasteiger partial charge in [-0.2, -0.15) is 0 Å². The van der Waals surface area contributed by atoms with Crippen molar-refractivity contribution in [1.29, 1.82) is 0 Å². The molecule has 11 aromatic rings. The molecule has 0 saturated carbocycles. The third-order valence-electron chi connectivity index (χ3n) is 12.2. The number of benzene rings is 7. The van der Waals surface area contributed by atoms with E-state index in [0.717, 1.165) is 28.1 Å². The summed E-state index contributed by atoms with van der Waals surface area (Å²) in [4.78, 5) is 9.79. The predicted molar refractivity (Wildman–Crippen MR) is 228 cm³/mol. The van der Waals surface area contributed by atoms with Crippen LogP contribution in [-0.4, -0.2) is 18.9 Å². The summed E-state index contributed by atoms with van der Waals surface area (Å²) < 4.78 is 4.75. The van der Waals surface area contributed by atoms with E-state index in [4.69, 9.17) is 9.97 Å². The molecule has 0 spiro atoms. The fourth-order valence-corrected chi connectivity index (χ4v) is 9.57. The maximum atomic E-state index is 4.94. The maximum Gasteiger partial charge on any atom is 0.141 e. The van der Waals surface area contributed by atoms with Gasteiger partial charge in [0.2, 0.25) is 0 Å². The predicted octanol–water partition coefficient (Wildman–Crippen LogP) is 12.9. The Morgan fingerprint density at radius 1 is 0.418 bits per heavy atom. The lowest BCUT2D eigenvalue weighted by Gasteiger charge is -2.22. The van der Waals surface area contributed by atoms with E-state index in [1.165, 1.54) is 82.2 Å². The van der Waals surface area contributed by atoms with Gasteiger partial charge in [0.25, 0.3) is 0 Å². The smallest absolute Gasteiger partial charge is 0.141 e. The minimum atomic E-state index is -0.0535. The molecule has 0 aliphatic heterocycles. The second-order valence-electron chi connectivity index (χ2n) is 15.5. The molecule has 0 radical (unpaired) electrons. The van der Waals surface area contributed by atoms with Crippen LogP contribution in [0.25, 0.3) is 99.2 Å². The molecule has 0 atom stereocenters. The second kappa shape index (κ2) is 11.0. The Labute approximate surface area is 317 Å². The molecule has 1 aliphatic rings. The van der Waals surface area contributed by atoms with Crippen LogP contribution in [0.5, 0.6) is 0 Å². The maximum absolute atomic E-state index is 4.94. The Morgan fingerprint density at radius 3 is 1.98 bits per heavy atom. The SMILES string of the molecule is CC1(C)c2ccccc2-c2ccc(-c3cccc(-c4cc(-n5c6ccccc6c6cc7c8ccccc8c8cc9ccccc9n8c7cc65)ncn4)c3)cc21. The van der Waals surface area contributed by atoms with Gasteiger partial charge < -0.3 is 4.40 Å². The highest BCUT2D eigenvalue weighted by Crippen LogP contribution is 2.49. The zero-order valence-corrected chi connectivity index (χ0v) is 30.5. The molecule has 4 heteroatoms. The van der Waals surface area contributed by atoms with Crippen molar-refractivity contribution in [1.82, 2.24) is 18.9 Å². The first-order chi connectivity index (χ1) is 27.0. The molecule has 4 aromatic heterocycles. The fraction of sp³-hybridized carbons (Fsp3) is 0.0588. The van der Waals surface area contributed by atoms with Gasteiger partial charge in [-0.05, 0) is 81.2 Å². The molecular formula is C51H34N4. The van der Waals surface area contributed by atoms with E-state index in [1.54, 1.807) is 6.33 Å². The number of hydrogen-bond acceptors (Lipinski definition) is 2. The summed E-state index contributed by atoms with van der Waals surface area (Å²) in [6.07, 6.45) is 1.71. The molecule has 0 unspecified atom stereocenters. The molecule has 0 bridgehead atoms. The minimum Gasteiger partial charge on any atom is -0.309 e. The molecule has 258 valence electrons. The van der Waals surface area contributed by atoms with E-state index in [-0.39, 0.29) is 5.41 Å². The lowest BCUT2D eigenvalue weighted by Crippen LogP contribution is -2.14. The van der Waals surface area contributed by atoms with Crippen molar-refractivity contribution >= 4 is 59.9 Å². The topological polar surface area (TPSA) is 35.1 Å². The Hall–Kier alpha value is -7.04. The molecule has 7 aromatic carbocycles. The first-order valence-electron chi connectivity index (χ1n) is 19.0. The number of aromatic nitrogens is 4. The summed E-state index contributed by atoms with van der Waals surface area (Å²) in [7, 11) is 0. The van der Waals surface area contributed by atoms with Gasteiger partial charge in [0.1, 0.15) is 12.1 Å². The highest BCUT2D eigenvalue weighted by molar-refractivity contribution is 6.21. The number of hydrogen-bond donors (Lipinski definition) is 0. The average molecular weight is 703 g/mol. The lowest BCUT2D eigenvalue weighted by atomic mass is 9.81. The molecule has 0 fully saturated rings. The van der Waals surface area contributed by atoms with Crippen LogP contribution in [0.2, 0.25) is 0 Å². The van der Waals surface area contributed by atoms with Crippen LogP contribution >= 0.6 is 0 Å². The van der Waals surface area contributed by atoms with Gasteiger partial charge in [-0.3, -0.25) is 4.57 Å². The van der Waals surface area contributed by atoms with E-state index < -0.39 is 0 Å². The molecular weight excluding hydrogens is 669 g/mol. The van der Waals surface area contributed by atoms with Crippen LogP contribution in [-0.2, 0) is 5.41 Å². The normalized spacial score (nSPS) is 13.4. The molecule has 12 rings (SSSR count). The van der Waals surface area contributed by atoms with Crippen LogP contribution in [0.15, 0.2) is 170 Å². The standard InChI is InChI=1S/C51H34N4/c1-51(2)42-19-8-6-16-36(42)37-23-22-32(25-43(37)51)31-13-11-14-33(24-31)44-28-50(53-30-52-44)55-46-21-10-7-18-39(46)41-27-40-35-15-4-5-17-38(35)47-26-34-12-3-9-20-45(34)54(47)48(40)29-49(41)55/h3-30H,1-2H3. The van der Waals surface area contributed by atoms with Crippen LogP contribution in [0.3, 0.4) is 0 Å². The van der Waals surface area contributed by atoms with Gasteiger partial charge in [-0.15, -0.1) is 0 Å². The van der Waals surface area contributed by atoms with E-state index in [9.17, 15) is 0 Å². The number of rotatable bonds is 3. The summed E-state index contributed by atoms with van der Waals surface area (Å²) in [5.74, 6) is 0.840. The van der Waals surface area contributed by atoms with Crippen LogP contribution in [0.4, 0.5) is 0 Å². The van der Waals surface area contributed by atoms with Gasteiger partial charge >= 0.3 is 0 Å². The Balaban J connectivity index is 1.04. The zero-order valence-electron chi connectivity index (χ0n) is 30.5. The van der Waals surface area contributed by atoms with Gasteiger partial charge in [0, 0.05) is 44.0 Å². The summed E-state index contributed by atoms with van der Waals surface area (Å²) in [6, 6.07) is 59.9. The lowest BCUT2D eigenvalue weighted by molar-refractivity contribution is 0.660. The monoisotopic (exact) mass is 702 g/mol. The van der Waals surface area contributed by atoms with Crippen LogP contribution in [0, 0.1) is 0 Å². The summed E-state index contributed by atoms with van der Waals surface area (Å²) in [5, 5.41) is 7.38. The van der Waals surface area contributed by atoms with Gasteiger partial charge in [0.05, 0.1) is 33.3 Å². The number of nitrogens with zero attached hydrogens (tertiary/aromatic N) is 4. The highest BCUT2D eigenvalue weighted by atomic mass is 15.1. The van der Waals surface area contributed by atoms with Crippen LogP contribution in [0.1, 0.15) is 25.0 Å². The second-order valence-corrected chi connectivity index (χ2v) is 15.5. The van der Waals surface area contributed by atoms with E-state index in [0.29, 0.717) is 0 Å². The molecule has 4 nitrogen and oxygen atoms in total. The summed E-state index contributed by atoms with van der Waals surface area (Å²) >= 11 is 0. The largest absolute Gasteiger partial charge is 0.309 e. The first-order valence-corrected chi connectivity index (χ1v) is 19.0. The minimum absolute atomic E-state index is 0.0535. The number of pyridine rings is 1. The molecule has 1 aliphatic carbocycles. The quantitative estimate of drug-likeness (QED) is 0.172. The van der Waals surface area contributed by atoms with Crippen molar-refractivity contribution in [2.75, 3.05) is 0 Å². The van der Waals surface area contributed by atoms with Crippen molar-refractivity contribution in [2.24, 2.45) is 0 Å². The molecule has 0 amide bonds. The third-order valence-corrected chi connectivity index (χ3v) is 12.2. The average Bonchev–Trinajstić information content (AvgIpc) is 3.86. The van der Waals surface area contributed by atoms with Crippen molar-refractivity contribution < 1.29 is 0 Å². The van der Waals surface area contributed by atoms with Crippen molar-refractivity contribution in [2.45, 2.75) is 19.3 Å². The van der Waals surface area contributed by atoms with E-state index >= 15 is 0 Å². The van der Waals surface area contributed by atoms with E-state index in [2.05, 4.69) is 187 Å². The summed E-state index contributed by atoms with van der Waals surface area (Å²) in [5.41, 5.74) is 15.5. The fourth-order valence-electron chi connectivity index (χ4n) is 9.57. The highest BCUT2D eigenvalue weighted by Gasteiger charge is 2.35. The third kappa shape index (κ3) is 4.22. The molecule has 0 N–H and O–H groups in total. The molecule has 0 saturated heterocycles. The van der Waals surface area contributed by atoms with Crippen LogP contribution < -0.4 is 0 Å². The van der Waals surface area contributed by atoms with Gasteiger partial charge in [-0.25, -0.2) is 9.97 Å². The van der Waals surface area contributed by atoms with Gasteiger partial charge in [-0.1, -0.05) is 129 Å². The Kier molecular flexibility index (Phi) is 6.09. The summed E-state index contributed by atoms with van der Waals surface area (Å²) in [6.45, 7) is 4.67. The van der Waals surface area contributed by atoms with Crippen molar-refractivity contribution in [3.05, 3.63) is 181 Å². The van der Waals surface area contributed by atoms with Crippen molar-refractivity contribution in [3.63, 3.8) is 0 Å². The van der Waals surface area contributed by atoms with Crippen molar-refractivity contribution in [3.8, 4) is 39.3 Å². The van der Waals surface area contributed by atoms with Gasteiger partial charge in [0.15, 0.2) is 0 Å².